The van der Waals surface area contributed by atoms with Crippen LogP contribution in [-0.2, 0) is 19.1 Å². The Morgan fingerprint density at radius 3 is 2.67 bits per heavy atom. The fourth-order valence-electron chi connectivity index (χ4n) is 8.20. The molecule has 5 heteroatoms. The number of carbonyl (C=O) groups is 3. The van der Waals surface area contributed by atoms with Gasteiger partial charge in [-0.15, -0.1) is 0 Å². The molecule has 30 heavy (non-hydrogen) atoms. The molecule has 4 aliphatic carbocycles. The molecule has 8 atom stereocenters. The lowest BCUT2D eigenvalue weighted by Crippen LogP contribution is -2.57. The second kappa shape index (κ2) is 7.43. The maximum absolute atomic E-state index is 13.4. The molecule has 4 saturated carbocycles. The molecule has 0 bridgehead atoms. The van der Waals surface area contributed by atoms with Crippen LogP contribution in [-0.4, -0.2) is 36.7 Å². The number of rotatable bonds is 2. The van der Waals surface area contributed by atoms with E-state index in [1.54, 1.807) is 0 Å². The molecule has 0 amide bonds. The van der Waals surface area contributed by atoms with Crippen molar-refractivity contribution in [3.8, 4) is 0 Å². The Hall–Kier alpha value is -1.23. The quantitative estimate of drug-likeness (QED) is 0.697. The minimum absolute atomic E-state index is 0.00225. The van der Waals surface area contributed by atoms with Gasteiger partial charge in [0.2, 0.25) is 0 Å². The lowest BCUT2D eigenvalue weighted by molar-refractivity contribution is -0.172. The van der Waals surface area contributed by atoms with Gasteiger partial charge < -0.3 is 10.1 Å². The van der Waals surface area contributed by atoms with Crippen molar-refractivity contribution in [2.45, 2.75) is 84.2 Å². The fourth-order valence-corrected chi connectivity index (χ4v) is 8.20. The normalized spacial score (nSPS) is 48.5. The number of carbonyl (C=O) groups excluding carboxylic acids is 3. The Balaban J connectivity index is 1.30. The molecule has 0 spiro atoms. The van der Waals surface area contributed by atoms with E-state index in [0.29, 0.717) is 55.1 Å². The summed E-state index contributed by atoms with van der Waals surface area (Å²) in [7, 11) is 0. The first kappa shape index (κ1) is 20.7. The molecule has 0 aromatic heterocycles. The van der Waals surface area contributed by atoms with Gasteiger partial charge in [-0.25, -0.2) is 0 Å². The van der Waals surface area contributed by atoms with Crippen molar-refractivity contribution in [1.82, 2.24) is 5.32 Å². The summed E-state index contributed by atoms with van der Waals surface area (Å²) in [5.74, 6) is 1.99. The number of esters is 1. The van der Waals surface area contributed by atoms with Crippen molar-refractivity contribution >= 4 is 17.5 Å². The fraction of sp³-hybridized carbons (Fsp3) is 0.880. The SMILES string of the molecule is C[C@]12CC[C@H](OC(=O)C3CCCNC3)CC1C(=O)C[C@@H]1[C@@H]2CC[C@]2(C)C(=O)CC[C@@H]12. The Morgan fingerprint density at radius 2 is 1.90 bits per heavy atom. The molecule has 1 aliphatic heterocycles. The monoisotopic (exact) mass is 415 g/mol. The van der Waals surface area contributed by atoms with Gasteiger partial charge in [-0.3, -0.25) is 14.4 Å². The van der Waals surface area contributed by atoms with Crippen molar-refractivity contribution in [1.29, 1.82) is 0 Å². The number of hydrogen-bond acceptors (Lipinski definition) is 5. The van der Waals surface area contributed by atoms with Gasteiger partial charge in [0.15, 0.2) is 0 Å². The third-order valence-electron chi connectivity index (χ3n) is 10.0. The first-order valence-corrected chi connectivity index (χ1v) is 12.3. The number of fused-ring (bicyclic) bond motifs is 5. The van der Waals surface area contributed by atoms with Gasteiger partial charge in [-0.05, 0) is 81.1 Å². The second-order valence-electron chi connectivity index (χ2n) is 11.4. The summed E-state index contributed by atoms with van der Waals surface area (Å²) in [5.41, 5.74) is -0.187. The summed E-state index contributed by atoms with van der Waals surface area (Å²) in [6.07, 6.45) is 8.71. The molecule has 166 valence electrons. The van der Waals surface area contributed by atoms with E-state index in [-0.39, 0.29) is 34.7 Å². The number of piperidine rings is 1. The van der Waals surface area contributed by atoms with Crippen LogP contribution in [0.25, 0.3) is 0 Å². The van der Waals surface area contributed by atoms with Crippen molar-refractivity contribution in [2.75, 3.05) is 13.1 Å². The number of ketones is 2. The molecule has 5 aliphatic rings. The van der Waals surface area contributed by atoms with Gasteiger partial charge in [0, 0.05) is 30.7 Å². The zero-order valence-corrected chi connectivity index (χ0v) is 18.6. The average molecular weight is 416 g/mol. The smallest absolute Gasteiger partial charge is 0.310 e. The van der Waals surface area contributed by atoms with E-state index >= 15 is 0 Å². The Bertz CT molecular complexity index is 743. The van der Waals surface area contributed by atoms with Crippen LogP contribution < -0.4 is 5.32 Å². The van der Waals surface area contributed by atoms with Crippen LogP contribution in [0, 0.1) is 40.4 Å². The Labute approximate surface area is 180 Å². The molecule has 0 aromatic carbocycles. The van der Waals surface area contributed by atoms with Gasteiger partial charge in [-0.2, -0.15) is 0 Å². The highest BCUT2D eigenvalue weighted by Gasteiger charge is 2.62. The highest BCUT2D eigenvalue weighted by molar-refractivity contribution is 5.88. The zero-order chi connectivity index (χ0) is 21.1. The standard InChI is InChI=1S/C25H37NO4/c1-24-9-7-16(30-23(29)15-4-3-11-26-14-15)12-20(24)21(27)13-17-18-5-6-22(28)25(18,2)10-8-19(17)24/h15-20,26H,3-14H2,1-2H3/t15?,16-,17-,18-,19-,20?,24+,25-/m0/s1. The molecular formula is C25H37NO4. The van der Waals surface area contributed by atoms with Crippen molar-refractivity contribution in [2.24, 2.45) is 40.4 Å². The van der Waals surface area contributed by atoms with Gasteiger partial charge in [0.25, 0.3) is 0 Å². The summed E-state index contributed by atoms with van der Waals surface area (Å²) in [6.45, 7) is 6.19. The molecular weight excluding hydrogens is 378 g/mol. The lowest BCUT2D eigenvalue weighted by atomic mass is 9.45. The molecule has 1 heterocycles. The third kappa shape index (κ3) is 3.10. The Morgan fingerprint density at radius 1 is 1.07 bits per heavy atom. The van der Waals surface area contributed by atoms with E-state index in [0.717, 1.165) is 51.5 Å². The van der Waals surface area contributed by atoms with Gasteiger partial charge in [0.05, 0.1) is 5.92 Å². The molecule has 5 rings (SSSR count). The highest BCUT2D eigenvalue weighted by atomic mass is 16.5. The summed E-state index contributed by atoms with van der Waals surface area (Å²) in [6, 6.07) is 0. The van der Waals surface area contributed by atoms with E-state index in [9.17, 15) is 14.4 Å². The molecule has 1 N–H and O–H groups in total. The van der Waals surface area contributed by atoms with E-state index in [1.807, 2.05) is 0 Å². The van der Waals surface area contributed by atoms with Crippen molar-refractivity contribution in [3.63, 3.8) is 0 Å². The van der Waals surface area contributed by atoms with Crippen LogP contribution in [0.5, 0.6) is 0 Å². The zero-order valence-electron chi connectivity index (χ0n) is 18.6. The summed E-state index contributed by atoms with van der Waals surface area (Å²) < 4.78 is 5.93. The first-order valence-electron chi connectivity index (χ1n) is 12.3. The van der Waals surface area contributed by atoms with Gasteiger partial charge >= 0.3 is 5.97 Å². The average Bonchev–Trinajstić information content (AvgIpc) is 3.04. The van der Waals surface area contributed by atoms with Crippen molar-refractivity contribution < 1.29 is 19.1 Å². The van der Waals surface area contributed by atoms with E-state index in [1.165, 1.54) is 0 Å². The van der Waals surface area contributed by atoms with E-state index < -0.39 is 0 Å². The molecule has 5 nitrogen and oxygen atoms in total. The number of Topliss-reactive ketones (excluding diaryl/α,β-unsaturated/α-hetero) is 2. The second-order valence-corrected chi connectivity index (χ2v) is 11.4. The highest BCUT2D eigenvalue weighted by Crippen LogP contribution is 2.64. The molecule has 0 radical (unpaired) electrons. The van der Waals surface area contributed by atoms with Crippen LogP contribution in [0.15, 0.2) is 0 Å². The van der Waals surface area contributed by atoms with Crippen molar-refractivity contribution in [3.05, 3.63) is 0 Å². The molecule has 0 aromatic rings. The summed E-state index contributed by atoms with van der Waals surface area (Å²) in [4.78, 5) is 38.6. The first-order chi connectivity index (χ1) is 14.3. The molecule has 2 unspecified atom stereocenters. The third-order valence-corrected chi connectivity index (χ3v) is 10.0. The largest absolute Gasteiger partial charge is 0.462 e. The number of nitrogens with one attached hydrogen (secondary N) is 1. The predicted octanol–water partition coefficient (Wildman–Crippen LogP) is 3.69. The maximum Gasteiger partial charge on any atom is 0.310 e. The number of hydrogen-bond donors (Lipinski definition) is 1. The van der Waals surface area contributed by atoms with Crippen LogP contribution in [0.2, 0.25) is 0 Å². The number of ether oxygens (including phenoxy) is 1. The molecule has 5 fully saturated rings. The summed E-state index contributed by atoms with van der Waals surface area (Å²) in [5, 5.41) is 3.29. The van der Waals surface area contributed by atoms with Gasteiger partial charge in [0.1, 0.15) is 17.7 Å². The minimum Gasteiger partial charge on any atom is -0.462 e. The molecule has 1 saturated heterocycles. The maximum atomic E-state index is 13.4. The predicted molar refractivity (Wildman–Crippen MR) is 113 cm³/mol. The summed E-state index contributed by atoms with van der Waals surface area (Å²) >= 11 is 0. The van der Waals surface area contributed by atoms with Gasteiger partial charge in [-0.1, -0.05) is 13.8 Å². The van der Waals surface area contributed by atoms with Crippen LogP contribution >= 0.6 is 0 Å². The van der Waals surface area contributed by atoms with E-state index in [4.69, 9.17) is 4.74 Å². The van der Waals surface area contributed by atoms with E-state index in [2.05, 4.69) is 19.2 Å². The Kier molecular flexibility index (Phi) is 5.11. The van der Waals surface area contributed by atoms with Crippen LogP contribution in [0.3, 0.4) is 0 Å². The van der Waals surface area contributed by atoms with Crippen LogP contribution in [0.1, 0.15) is 78.1 Å². The lowest BCUT2D eigenvalue weighted by Gasteiger charge is -2.59. The topological polar surface area (TPSA) is 72.5 Å². The van der Waals surface area contributed by atoms with Crippen LogP contribution in [0.4, 0.5) is 0 Å². The minimum atomic E-state index is -0.189.